The van der Waals surface area contributed by atoms with Crippen LogP contribution in [0, 0.1) is 0 Å². The van der Waals surface area contributed by atoms with E-state index in [1.54, 1.807) is 39.4 Å². The van der Waals surface area contributed by atoms with Gasteiger partial charge in [-0.25, -0.2) is 4.98 Å². The van der Waals surface area contributed by atoms with Crippen molar-refractivity contribution in [3.05, 3.63) is 61.9 Å². The van der Waals surface area contributed by atoms with E-state index in [0.717, 1.165) is 0 Å². The summed E-state index contributed by atoms with van der Waals surface area (Å²) in [4.78, 5) is 46.4. The van der Waals surface area contributed by atoms with Gasteiger partial charge in [0.1, 0.15) is 11.4 Å². The van der Waals surface area contributed by atoms with Crippen molar-refractivity contribution >= 4 is 56.6 Å². The fourth-order valence-electron chi connectivity index (χ4n) is 3.53. The standard InChI is InChI=1S/C20H18Cl2N4O3S/c1-12-9-24(5-6-26(12)19(28)13-2-3-15(21)16(22)8-13)17(27)10-25-11-23-18-14(20(25)29)4-7-30-18/h2-4,7-8,11-12H,5-6,9-10H2,1H3. The minimum absolute atomic E-state index is 0.0783. The number of piperazine rings is 1. The van der Waals surface area contributed by atoms with Crippen molar-refractivity contribution < 1.29 is 9.59 Å². The highest BCUT2D eigenvalue weighted by Gasteiger charge is 2.30. The van der Waals surface area contributed by atoms with E-state index in [9.17, 15) is 14.4 Å². The van der Waals surface area contributed by atoms with Gasteiger partial charge in [-0.2, -0.15) is 0 Å². The van der Waals surface area contributed by atoms with Crippen molar-refractivity contribution in [2.24, 2.45) is 0 Å². The Labute approximate surface area is 186 Å². The summed E-state index contributed by atoms with van der Waals surface area (Å²) < 4.78 is 1.33. The maximum Gasteiger partial charge on any atom is 0.262 e. The Morgan fingerprint density at radius 3 is 2.73 bits per heavy atom. The molecule has 30 heavy (non-hydrogen) atoms. The second kappa shape index (κ2) is 8.37. The molecule has 0 N–H and O–H groups in total. The largest absolute Gasteiger partial charge is 0.337 e. The van der Waals surface area contributed by atoms with Gasteiger partial charge in [-0.15, -0.1) is 11.3 Å². The molecule has 1 unspecified atom stereocenters. The number of carbonyl (C=O) groups is 2. The third-order valence-electron chi connectivity index (χ3n) is 5.16. The van der Waals surface area contributed by atoms with E-state index in [0.29, 0.717) is 45.5 Å². The third-order valence-corrected chi connectivity index (χ3v) is 6.72. The molecule has 156 valence electrons. The number of hydrogen-bond donors (Lipinski definition) is 0. The topological polar surface area (TPSA) is 75.5 Å². The zero-order valence-electron chi connectivity index (χ0n) is 16.0. The zero-order chi connectivity index (χ0) is 21.4. The van der Waals surface area contributed by atoms with Crippen molar-refractivity contribution in [3.63, 3.8) is 0 Å². The molecular formula is C20H18Cl2N4O3S. The smallest absolute Gasteiger partial charge is 0.262 e. The second-order valence-electron chi connectivity index (χ2n) is 7.13. The number of amides is 2. The van der Waals surface area contributed by atoms with E-state index in [-0.39, 0.29) is 30.0 Å². The summed E-state index contributed by atoms with van der Waals surface area (Å²) in [5.74, 6) is -0.335. The Bertz CT molecular complexity index is 1190. The molecule has 0 aliphatic carbocycles. The van der Waals surface area contributed by atoms with Gasteiger partial charge in [-0.1, -0.05) is 23.2 Å². The number of nitrogens with zero attached hydrogens (tertiary/aromatic N) is 4. The molecule has 2 aromatic heterocycles. The maximum absolute atomic E-state index is 12.9. The van der Waals surface area contributed by atoms with Crippen LogP contribution < -0.4 is 5.56 Å². The van der Waals surface area contributed by atoms with Crippen LogP contribution in [0.3, 0.4) is 0 Å². The fraction of sp³-hybridized carbons (Fsp3) is 0.300. The van der Waals surface area contributed by atoms with Crippen molar-refractivity contribution in [2.75, 3.05) is 19.6 Å². The Morgan fingerprint density at radius 1 is 1.20 bits per heavy atom. The van der Waals surface area contributed by atoms with Gasteiger partial charge in [0.05, 0.1) is 21.8 Å². The van der Waals surface area contributed by atoms with Gasteiger partial charge in [0.2, 0.25) is 5.91 Å². The molecule has 3 aromatic rings. The summed E-state index contributed by atoms with van der Waals surface area (Å²) in [7, 11) is 0. The zero-order valence-corrected chi connectivity index (χ0v) is 18.4. The molecule has 1 fully saturated rings. The van der Waals surface area contributed by atoms with E-state index in [1.807, 2.05) is 6.92 Å². The number of benzene rings is 1. The molecule has 4 rings (SSSR count). The minimum Gasteiger partial charge on any atom is -0.337 e. The van der Waals surface area contributed by atoms with E-state index in [4.69, 9.17) is 23.2 Å². The van der Waals surface area contributed by atoms with Crippen LogP contribution in [-0.2, 0) is 11.3 Å². The fourth-order valence-corrected chi connectivity index (χ4v) is 4.55. The van der Waals surface area contributed by atoms with Crippen LogP contribution in [0.1, 0.15) is 17.3 Å². The third kappa shape index (κ3) is 3.95. The van der Waals surface area contributed by atoms with Crippen LogP contribution in [-0.4, -0.2) is 56.8 Å². The van der Waals surface area contributed by atoms with Crippen molar-refractivity contribution in [2.45, 2.75) is 19.5 Å². The monoisotopic (exact) mass is 464 g/mol. The number of rotatable bonds is 3. The Kier molecular flexibility index (Phi) is 5.81. The highest BCUT2D eigenvalue weighted by molar-refractivity contribution is 7.16. The summed E-state index contributed by atoms with van der Waals surface area (Å²) >= 11 is 13.3. The van der Waals surface area contributed by atoms with Gasteiger partial charge in [0.15, 0.2) is 0 Å². The van der Waals surface area contributed by atoms with E-state index in [2.05, 4.69) is 4.98 Å². The van der Waals surface area contributed by atoms with Crippen molar-refractivity contribution in [1.82, 2.24) is 19.4 Å². The van der Waals surface area contributed by atoms with Gasteiger partial charge >= 0.3 is 0 Å². The number of carbonyl (C=O) groups excluding carboxylic acids is 2. The van der Waals surface area contributed by atoms with Gasteiger partial charge < -0.3 is 9.80 Å². The van der Waals surface area contributed by atoms with Gasteiger partial charge in [-0.3, -0.25) is 19.0 Å². The van der Waals surface area contributed by atoms with Crippen LogP contribution in [0.2, 0.25) is 10.0 Å². The average molecular weight is 465 g/mol. The Hall–Kier alpha value is -2.42. The first kappa shape index (κ1) is 20.8. The summed E-state index contributed by atoms with van der Waals surface area (Å²) in [6, 6.07) is 6.32. The second-order valence-corrected chi connectivity index (χ2v) is 8.84. The Morgan fingerprint density at radius 2 is 2.00 bits per heavy atom. The van der Waals surface area contributed by atoms with Gasteiger partial charge in [-0.05, 0) is 36.6 Å². The number of aromatic nitrogens is 2. The highest BCUT2D eigenvalue weighted by Crippen LogP contribution is 2.24. The van der Waals surface area contributed by atoms with E-state index < -0.39 is 0 Å². The molecule has 1 aliphatic rings. The van der Waals surface area contributed by atoms with E-state index >= 15 is 0 Å². The molecule has 10 heteroatoms. The average Bonchev–Trinajstić information content (AvgIpc) is 3.21. The van der Waals surface area contributed by atoms with Crippen LogP contribution in [0.4, 0.5) is 0 Å². The molecule has 0 radical (unpaired) electrons. The first-order valence-electron chi connectivity index (χ1n) is 9.31. The van der Waals surface area contributed by atoms with Crippen molar-refractivity contribution in [1.29, 1.82) is 0 Å². The molecule has 7 nitrogen and oxygen atoms in total. The highest BCUT2D eigenvalue weighted by atomic mass is 35.5. The molecule has 2 amide bonds. The predicted molar refractivity (Wildman–Crippen MR) is 117 cm³/mol. The lowest BCUT2D eigenvalue weighted by Gasteiger charge is -2.40. The van der Waals surface area contributed by atoms with Crippen LogP contribution >= 0.6 is 34.5 Å². The summed E-state index contributed by atoms with van der Waals surface area (Å²) in [5.41, 5.74) is 0.230. The van der Waals surface area contributed by atoms with Crippen LogP contribution in [0.5, 0.6) is 0 Å². The molecule has 1 aromatic carbocycles. The number of fused-ring (bicyclic) bond motifs is 1. The quantitative estimate of drug-likeness (QED) is 0.596. The predicted octanol–water partition coefficient (Wildman–Crippen LogP) is 3.14. The molecule has 3 heterocycles. The van der Waals surface area contributed by atoms with E-state index in [1.165, 1.54) is 22.2 Å². The maximum atomic E-state index is 12.9. The van der Waals surface area contributed by atoms with Gasteiger partial charge in [0.25, 0.3) is 11.5 Å². The minimum atomic E-state index is -0.226. The lowest BCUT2D eigenvalue weighted by Crippen LogP contribution is -2.56. The number of thiophene rings is 1. The molecular weight excluding hydrogens is 447 g/mol. The van der Waals surface area contributed by atoms with Gasteiger partial charge in [0, 0.05) is 31.2 Å². The van der Waals surface area contributed by atoms with Crippen LogP contribution in [0.25, 0.3) is 10.2 Å². The molecule has 0 bridgehead atoms. The molecule has 0 saturated carbocycles. The molecule has 0 spiro atoms. The summed E-state index contributed by atoms with van der Waals surface area (Å²) in [6.45, 7) is 2.97. The number of halogens is 2. The molecule has 1 aliphatic heterocycles. The number of hydrogen-bond acceptors (Lipinski definition) is 5. The molecule has 1 saturated heterocycles. The summed E-state index contributed by atoms with van der Waals surface area (Å²) in [6.07, 6.45) is 1.41. The SMILES string of the molecule is CC1CN(C(=O)Cn2cnc3sccc3c2=O)CCN1C(=O)c1ccc(Cl)c(Cl)c1. The summed E-state index contributed by atoms with van der Waals surface area (Å²) in [5, 5.41) is 3.03. The lowest BCUT2D eigenvalue weighted by molar-refractivity contribution is -0.134. The van der Waals surface area contributed by atoms with Crippen LogP contribution in [0.15, 0.2) is 40.8 Å². The van der Waals surface area contributed by atoms with Crippen molar-refractivity contribution in [3.8, 4) is 0 Å². The normalized spacial score (nSPS) is 16.8. The lowest BCUT2D eigenvalue weighted by atomic mass is 10.1. The first-order chi connectivity index (χ1) is 14.3. The first-order valence-corrected chi connectivity index (χ1v) is 10.9. The Balaban J connectivity index is 1.43. The molecule has 1 atom stereocenters.